The predicted octanol–water partition coefficient (Wildman–Crippen LogP) is 2.10. The number of amides is 1. The summed E-state index contributed by atoms with van der Waals surface area (Å²) in [7, 11) is 0. The molecule has 0 atom stereocenters. The third-order valence-electron chi connectivity index (χ3n) is 2.19. The molecule has 1 aromatic heterocycles. The fourth-order valence-corrected chi connectivity index (χ4v) is 2.33. The van der Waals surface area contributed by atoms with Crippen molar-refractivity contribution in [3.05, 3.63) is 22.3 Å². The first-order chi connectivity index (χ1) is 7.90. The van der Waals surface area contributed by atoms with E-state index in [-0.39, 0.29) is 12.5 Å². The minimum atomic E-state index is -0.347. The molecule has 0 radical (unpaired) electrons. The minimum absolute atomic E-state index is 0.187. The van der Waals surface area contributed by atoms with Crippen LogP contribution in [0.2, 0.25) is 0 Å². The molecule has 1 aromatic rings. The molecule has 0 bridgehead atoms. The summed E-state index contributed by atoms with van der Waals surface area (Å²) >= 11 is 3.47. The smallest absolute Gasteiger partial charge is 0.236 e. The fraction of sp³-hybridized carbons (Fsp3) is 0.500. The number of halogens is 1. The Morgan fingerprint density at radius 1 is 1.59 bits per heavy atom. The summed E-state index contributed by atoms with van der Waals surface area (Å²) in [5.41, 5.74) is 6.34. The zero-order valence-electron chi connectivity index (χ0n) is 10.4. The first-order valence-electron chi connectivity index (χ1n) is 5.55. The molecule has 2 N–H and O–H groups in total. The molecule has 5 heteroatoms. The summed E-state index contributed by atoms with van der Waals surface area (Å²) in [6, 6.07) is 1.98. The number of primary amides is 1. The van der Waals surface area contributed by atoms with Crippen LogP contribution in [0.5, 0.6) is 0 Å². The highest BCUT2D eigenvalue weighted by Crippen LogP contribution is 2.24. The van der Waals surface area contributed by atoms with Crippen LogP contribution >= 0.6 is 15.9 Å². The lowest BCUT2D eigenvalue weighted by molar-refractivity contribution is -0.116. The quantitative estimate of drug-likeness (QED) is 0.906. The summed E-state index contributed by atoms with van der Waals surface area (Å²) in [4.78, 5) is 17.3. The van der Waals surface area contributed by atoms with Gasteiger partial charge in [0.05, 0.1) is 11.0 Å². The van der Waals surface area contributed by atoms with Crippen molar-refractivity contribution in [2.24, 2.45) is 11.7 Å². The normalized spacial score (nSPS) is 10.6. The topological polar surface area (TPSA) is 59.2 Å². The molecule has 1 amide bonds. The van der Waals surface area contributed by atoms with E-state index in [1.54, 1.807) is 6.20 Å². The van der Waals surface area contributed by atoms with E-state index in [9.17, 15) is 4.79 Å². The molecule has 0 aromatic carbocycles. The highest BCUT2D eigenvalue weighted by molar-refractivity contribution is 9.10. The number of nitrogens with two attached hydrogens (primary N) is 1. The van der Waals surface area contributed by atoms with Crippen molar-refractivity contribution >= 4 is 27.7 Å². The van der Waals surface area contributed by atoms with Crippen molar-refractivity contribution in [2.75, 3.05) is 18.0 Å². The van der Waals surface area contributed by atoms with Crippen LogP contribution in [0.4, 0.5) is 5.82 Å². The van der Waals surface area contributed by atoms with Crippen LogP contribution in [0, 0.1) is 12.8 Å². The number of aromatic nitrogens is 1. The molecule has 94 valence electrons. The molecule has 0 saturated heterocycles. The molecule has 1 rings (SSSR count). The largest absolute Gasteiger partial charge is 0.368 e. The van der Waals surface area contributed by atoms with Gasteiger partial charge in [-0.3, -0.25) is 4.79 Å². The standard InChI is InChI=1S/C12H18BrN3O/c1-8(2)6-16(7-11(14)17)12-10(13)4-9(3)5-15-12/h4-5,8H,6-7H2,1-3H3,(H2,14,17). The van der Waals surface area contributed by atoms with Gasteiger partial charge in [0.15, 0.2) is 0 Å². The van der Waals surface area contributed by atoms with Gasteiger partial charge >= 0.3 is 0 Å². The van der Waals surface area contributed by atoms with Gasteiger partial charge in [-0.1, -0.05) is 13.8 Å². The number of aryl methyl sites for hydroxylation is 1. The molecule has 0 fully saturated rings. The Hall–Kier alpha value is -1.10. The van der Waals surface area contributed by atoms with Gasteiger partial charge < -0.3 is 10.6 Å². The Balaban J connectivity index is 2.98. The average Bonchev–Trinajstić information content (AvgIpc) is 2.14. The number of carbonyl (C=O) groups is 1. The van der Waals surface area contributed by atoms with E-state index in [1.165, 1.54) is 0 Å². The lowest BCUT2D eigenvalue weighted by atomic mass is 10.2. The van der Waals surface area contributed by atoms with E-state index in [4.69, 9.17) is 5.73 Å². The SMILES string of the molecule is Cc1cnc(N(CC(N)=O)CC(C)C)c(Br)c1. The Morgan fingerprint density at radius 2 is 2.24 bits per heavy atom. The van der Waals surface area contributed by atoms with Crippen molar-refractivity contribution in [1.82, 2.24) is 4.98 Å². The molecule has 0 unspecified atom stereocenters. The van der Waals surface area contributed by atoms with Crippen molar-refractivity contribution in [1.29, 1.82) is 0 Å². The van der Waals surface area contributed by atoms with Crippen molar-refractivity contribution in [2.45, 2.75) is 20.8 Å². The Kier molecular flexibility index (Phi) is 4.93. The molecule has 0 saturated carbocycles. The van der Waals surface area contributed by atoms with Crippen LogP contribution in [-0.4, -0.2) is 24.0 Å². The molecule has 0 aliphatic heterocycles. The zero-order valence-corrected chi connectivity index (χ0v) is 12.0. The maximum absolute atomic E-state index is 11.1. The maximum atomic E-state index is 11.1. The number of hydrogen-bond donors (Lipinski definition) is 1. The van der Waals surface area contributed by atoms with Gasteiger partial charge in [-0.2, -0.15) is 0 Å². The van der Waals surface area contributed by atoms with Gasteiger partial charge in [0, 0.05) is 12.7 Å². The monoisotopic (exact) mass is 299 g/mol. The van der Waals surface area contributed by atoms with Gasteiger partial charge in [-0.05, 0) is 40.4 Å². The second kappa shape index (κ2) is 6.00. The number of carbonyl (C=O) groups excluding carboxylic acids is 1. The Morgan fingerprint density at radius 3 is 2.71 bits per heavy atom. The fourth-order valence-electron chi connectivity index (χ4n) is 1.61. The molecule has 1 heterocycles. The first-order valence-corrected chi connectivity index (χ1v) is 6.35. The molecule has 0 aliphatic rings. The Bertz CT molecular complexity index is 407. The van der Waals surface area contributed by atoms with Crippen LogP contribution in [0.1, 0.15) is 19.4 Å². The van der Waals surface area contributed by atoms with E-state index < -0.39 is 0 Å². The van der Waals surface area contributed by atoms with E-state index >= 15 is 0 Å². The van der Waals surface area contributed by atoms with Gasteiger partial charge in [-0.15, -0.1) is 0 Å². The van der Waals surface area contributed by atoms with E-state index in [0.29, 0.717) is 5.92 Å². The molecule has 0 aliphatic carbocycles. The Labute approximate surface area is 110 Å². The number of rotatable bonds is 5. The summed E-state index contributed by atoms with van der Waals surface area (Å²) < 4.78 is 0.888. The van der Waals surface area contributed by atoms with Crippen molar-refractivity contribution in [3.8, 4) is 0 Å². The number of pyridine rings is 1. The summed E-state index contributed by atoms with van der Waals surface area (Å²) in [6.07, 6.45) is 1.79. The molecule has 0 spiro atoms. The maximum Gasteiger partial charge on any atom is 0.236 e. The van der Waals surface area contributed by atoms with Crippen LogP contribution in [-0.2, 0) is 4.79 Å². The third-order valence-corrected chi connectivity index (χ3v) is 2.77. The highest BCUT2D eigenvalue weighted by Gasteiger charge is 2.15. The first kappa shape index (κ1) is 14.0. The zero-order chi connectivity index (χ0) is 13.0. The van der Waals surface area contributed by atoms with Crippen molar-refractivity contribution < 1.29 is 4.79 Å². The van der Waals surface area contributed by atoms with E-state index in [0.717, 1.165) is 22.4 Å². The van der Waals surface area contributed by atoms with Gasteiger partial charge in [-0.25, -0.2) is 4.98 Å². The lowest BCUT2D eigenvalue weighted by Crippen LogP contribution is -2.37. The molecular weight excluding hydrogens is 282 g/mol. The van der Waals surface area contributed by atoms with Crippen molar-refractivity contribution in [3.63, 3.8) is 0 Å². The summed E-state index contributed by atoms with van der Waals surface area (Å²) in [5.74, 6) is 0.854. The van der Waals surface area contributed by atoms with Gasteiger partial charge in [0.25, 0.3) is 0 Å². The van der Waals surface area contributed by atoms with Crippen LogP contribution < -0.4 is 10.6 Å². The third kappa shape index (κ3) is 4.34. The van der Waals surface area contributed by atoms with Gasteiger partial charge in [0.2, 0.25) is 5.91 Å². The van der Waals surface area contributed by atoms with E-state index in [2.05, 4.69) is 34.8 Å². The summed E-state index contributed by atoms with van der Waals surface area (Å²) in [5, 5.41) is 0. The van der Waals surface area contributed by atoms with Crippen LogP contribution in [0.25, 0.3) is 0 Å². The number of nitrogens with zero attached hydrogens (tertiary/aromatic N) is 2. The highest BCUT2D eigenvalue weighted by atomic mass is 79.9. The molecule has 4 nitrogen and oxygen atoms in total. The second-order valence-corrected chi connectivity index (χ2v) is 5.41. The predicted molar refractivity (Wildman–Crippen MR) is 72.9 cm³/mol. The van der Waals surface area contributed by atoms with Gasteiger partial charge in [0.1, 0.15) is 5.82 Å². The summed E-state index contributed by atoms with van der Waals surface area (Å²) in [6.45, 7) is 7.10. The second-order valence-electron chi connectivity index (χ2n) is 4.56. The number of hydrogen-bond acceptors (Lipinski definition) is 3. The van der Waals surface area contributed by atoms with E-state index in [1.807, 2.05) is 17.9 Å². The number of anilines is 1. The lowest BCUT2D eigenvalue weighted by Gasteiger charge is -2.25. The molecule has 17 heavy (non-hydrogen) atoms. The average molecular weight is 300 g/mol. The molecular formula is C12H18BrN3O. The van der Waals surface area contributed by atoms with Crippen LogP contribution in [0.3, 0.4) is 0 Å². The minimum Gasteiger partial charge on any atom is -0.368 e. The van der Waals surface area contributed by atoms with Crippen LogP contribution in [0.15, 0.2) is 16.7 Å².